The number of carbonyl (C=O) groups is 2. The number of ether oxygens (including phenoxy) is 1. The van der Waals surface area contributed by atoms with Crippen LogP contribution in [0, 0.1) is 10.1 Å². The number of rotatable bonds is 5. The molecule has 0 atom stereocenters. The summed E-state index contributed by atoms with van der Waals surface area (Å²) >= 11 is 5.67. The highest BCUT2D eigenvalue weighted by molar-refractivity contribution is 6.31. The Morgan fingerprint density at radius 1 is 1.36 bits per heavy atom. The van der Waals surface area contributed by atoms with Gasteiger partial charge in [0.1, 0.15) is 5.69 Å². The van der Waals surface area contributed by atoms with Gasteiger partial charge in [-0.2, -0.15) is 5.10 Å². The number of aromatic nitrogens is 2. The van der Waals surface area contributed by atoms with Gasteiger partial charge in [-0.25, -0.2) is 9.48 Å². The van der Waals surface area contributed by atoms with Crippen LogP contribution in [-0.4, -0.2) is 33.2 Å². The number of benzene rings is 1. The van der Waals surface area contributed by atoms with Gasteiger partial charge in [0.05, 0.1) is 4.92 Å². The van der Waals surface area contributed by atoms with E-state index in [4.69, 9.17) is 16.3 Å². The van der Waals surface area contributed by atoms with Gasteiger partial charge < -0.3 is 10.1 Å². The third-order valence-corrected chi connectivity index (χ3v) is 3.17. The SMILES string of the molecule is Cn1nc(C(=O)OCC(=O)Nc2ccc(Cl)cc2[N+](=O)[O-])ccc1=O. The minimum atomic E-state index is -0.920. The molecule has 1 N–H and O–H groups in total. The molecule has 1 amide bonds. The Bertz CT molecular complexity index is 910. The molecule has 0 unspecified atom stereocenters. The molecule has 0 aliphatic heterocycles. The van der Waals surface area contributed by atoms with Crippen LogP contribution in [0.3, 0.4) is 0 Å². The number of anilines is 1. The average Bonchev–Trinajstić information content (AvgIpc) is 2.56. The van der Waals surface area contributed by atoms with E-state index in [0.29, 0.717) is 0 Å². The van der Waals surface area contributed by atoms with Gasteiger partial charge in [0.15, 0.2) is 12.3 Å². The third kappa shape index (κ3) is 4.61. The molecule has 1 aromatic carbocycles. The lowest BCUT2D eigenvalue weighted by molar-refractivity contribution is -0.383. The number of hydrogen-bond acceptors (Lipinski definition) is 7. The lowest BCUT2D eigenvalue weighted by atomic mass is 10.2. The van der Waals surface area contributed by atoms with Crippen LogP contribution in [0.5, 0.6) is 0 Å². The Hall–Kier alpha value is -3.27. The zero-order chi connectivity index (χ0) is 18.6. The number of nitrogens with zero attached hydrogens (tertiary/aromatic N) is 3. The van der Waals surface area contributed by atoms with E-state index in [1.54, 1.807) is 0 Å². The Morgan fingerprint density at radius 3 is 2.72 bits per heavy atom. The van der Waals surface area contributed by atoms with Crippen LogP contribution < -0.4 is 10.9 Å². The molecule has 25 heavy (non-hydrogen) atoms. The van der Waals surface area contributed by atoms with E-state index in [9.17, 15) is 24.5 Å². The number of nitro benzene ring substituents is 1. The summed E-state index contributed by atoms with van der Waals surface area (Å²) in [7, 11) is 1.35. The third-order valence-electron chi connectivity index (χ3n) is 2.93. The highest BCUT2D eigenvalue weighted by Gasteiger charge is 2.18. The first-order valence-electron chi connectivity index (χ1n) is 6.73. The minimum absolute atomic E-state index is 0.0873. The molecule has 2 aromatic rings. The van der Waals surface area contributed by atoms with Crippen molar-refractivity contribution in [2.45, 2.75) is 0 Å². The average molecular weight is 367 g/mol. The van der Waals surface area contributed by atoms with E-state index < -0.39 is 34.7 Å². The summed E-state index contributed by atoms with van der Waals surface area (Å²) in [6.45, 7) is -0.691. The summed E-state index contributed by atoms with van der Waals surface area (Å²) in [6.07, 6.45) is 0. The molecule has 1 heterocycles. The summed E-state index contributed by atoms with van der Waals surface area (Å²) in [5.41, 5.74) is -1.06. The Labute approximate surface area is 145 Å². The zero-order valence-corrected chi connectivity index (χ0v) is 13.5. The lowest BCUT2D eigenvalue weighted by Crippen LogP contribution is -2.24. The fourth-order valence-electron chi connectivity index (χ4n) is 1.76. The summed E-state index contributed by atoms with van der Waals surface area (Å²) in [5, 5.41) is 17.0. The number of halogens is 1. The fraction of sp³-hybridized carbons (Fsp3) is 0.143. The van der Waals surface area contributed by atoms with Crippen LogP contribution >= 0.6 is 11.6 Å². The van der Waals surface area contributed by atoms with Crippen molar-refractivity contribution >= 4 is 34.9 Å². The maximum atomic E-state index is 11.8. The molecule has 1 aromatic heterocycles. The maximum Gasteiger partial charge on any atom is 0.359 e. The number of nitrogens with one attached hydrogen (secondary N) is 1. The smallest absolute Gasteiger partial charge is 0.359 e. The Morgan fingerprint density at radius 2 is 2.08 bits per heavy atom. The van der Waals surface area contributed by atoms with Crippen molar-refractivity contribution in [2.24, 2.45) is 7.05 Å². The Kier molecular flexibility index (Phi) is 5.45. The van der Waals surface area contributed by atoms with Crippen molar-refractivity contribution < 1.29 is 19.2 Å². The highest BCUT2D eigenvalue weighted by atomic mass is 35.5. The lowest BCUT2D eigenvalue weighted by Gasteiger charge is -2.07. The largest absolute Gasteiger partial charge is 0.451 e. The van der Waals surface area contributed by atoms with E-state index in [0.717, 1.165) is 22.9 Å². The van der Waals surface area contributed by atoms with E-state index in [1.165, 1.54) is 19.2 Å². The van der Waals surface area contributed by atoms with Gasteiger partial charge in [-0.05, 0) is 18.2 Å². The maximum absolute atomic E-state index is 11.8. The van der Waals surface area contributed by atoms with Crippen LogP contribution in [0.25, 0.3) is 0 Å². The van der Waals surface area contributed by atoms with Crippen molar-refractivity contribution in [3.8, 4) is 0 Å². The van der Waals surface area contributed by atoms with E-state index in [-0.39, 0.29) is 16.4 Å². The summed E-state index contributed by atoms with van der Waals surface area (Å²) in [4.78, 5) is 45.0. The van der Waals surface area contributed by atoms with Gasteiger partial charge in [0.2, 0.25) is 0 Å². The second-order valence-electron chi connectivity index (χ2n) is 4.72. The second kappa shape index (κ2) is 7.53. The highest BCUT2D eigenvalue weighted by Crippen LogP contribution is 2.27. The topological polar surface area (TPSA) is 133 Å². The molecule has 0 aliphatic carbocycles. The van der Waals surface area contributed by atoms with E-state index in [1.807, 2.05) is 0 Å². The molecule has 0 saturated carbocycles. The van der Waals surface area contributed by atoms with Crippen molar-refractivity contribution in [2.75, 3.05) is 11.9 Å². The number of aryl methyl sites for hydroxylation is 1. The number of amides is 1. The van der Waals surface area contributed by atoms with Crippen LogP contribution in [0.1, 0.15) is 10.5 Å². The number of nitro groups is 1. The molecule has 0 bridgehead atoms. The quantitative estimate of drug-likeness (QED) is 0.476. The first kappa shape index (κ1) is 18.1. The van der Waals surface area contributed by atoms with Gasteiger partial charge >= 0.3 is 5.97 Å². The second-order valence-corrected chi connectivity index (χ2v) is 5.16. The van der Waals surface area contributed by atoms with Crippen molar-refractivity contribution in [1.29, 1.82) is 0 Å². The van der Waals surface area contributed by atoms with Gasteiger partial charge in [-0.3, -0.25) is 19.7 Å². The van der Waals surface area contributed by atoms with Gasteiger partial charge in [-0.1, -0.05) is 11.6 Å². The van der Waals surface area contributed by atoms with Crippen molar-refractivity contribution in [3.05, 3.63) is 61.5 Å². The van der Waals surface area contributed by atoms with Crippen molar-refractivity contribution in [1.82, 2.24) is 9.78 Å². The molecule has 130 valence electrons. The minimum Gasteiger partial charge on any atom is -0.451 e. The molecule has 0 spiro atoms. The molecule has 11 heteroatoms. The van der Waals surface area contributed by atoms with Gasteiger partial charge in [0.25, 0.3) is 17.2 Å². The van der Waals surface area contributed by atoms with Gasteiger partial charge in [0, 0.05) is 24.2 Å². The molecular weight excluding hydrogens is 356 g/mol. The van der Waals surface area contributed by atoms with Crippen molar-refractivity contribution in [3.63, 3.8) is 0 Å². The number of esters is 1. The Balaban J connectivity index is 2.01. The van der Waals surface area contributed by atoms with Crippen LogP contribution in [0.15, 0.2) is 35.1 Å². The van der Waals surface area contributed by atoms with Crippen LogP contribution in [0.4, 0.5) is 11.4 Å². The summed E-state index contributed by atoms with van der Waals surface area (Å²) in [6, 6.07) is 5.99. The van der Waals surface area contributed by atoms with E-state index >= 15 is 0 Å². The summed E-state index contributed by atoms with van der Waals surface area (Å²) in [5.74, 6) is -1.71. The first-order chi connectivity index (χ1) is 11.8. The van der Waals surface area contributed by atoms with Crippen LogP contribution in [0.2, 0.25) is 5.02 Å². The zero-order valence-electron chi connectivity index (χ0n) is 12.8. The number of carbonyl (C=O) groups excluding carboxylic acids is 2. The predicted octanol–water partition coefficient (Wildman–Crippen LogP) is 1.14. The van der Waals surface area contributed by atoms with Crippen LogP contribution in [-0.2, 0) is 16.6 Å². The number of hydrogen-bond donors (Lipinski definition) is 1. The van der Waals surface area contributed by atoms with E-state index in [2.05, 4.69) is 10.4 Å². The summed E-state index contributed by atoms with van der Waals surface area (Å²) < 4.78 is 5.69. The fourth-order valence-corrected chi connectivity index (χ4v) is 1.93. The molecule has 0 fully saturated rings. The molecule has 10 nitrogen and oxygen atoms in total. The molecule has 0 saturated heterocycles. The normalized spacial score (nSPS) is 10.2. The molecule has 0 radical (unpaired) electrons. The van der Waals surface area contributed by atoms with Gasteiger partial charge in [-0.15, -0.1) is 0 Å². The first-order valence-corrected chi connectivity index (χ1v) is 7.11. The molecule has 2 rings (SSSR count). The molecule has 0 aliphatic rings. The molecular formula is C14H11ClN4O6. The monoisotopic (exact) mass is 366 g/mol. The standard InChI is InChI=1S/C14H11ClN4O6/c1-18-13(21)5-4-10(17-18)14(22)25-7-12(20)16-9-3-2-8(15)6-11(9)19(23)24/h2-6H,7H2,1H3,(H,16,20). The predicted molar refractivity (Wildman–Crippen MR) is 86.5 cm³/mol.